The molecule has 3 aliphatic carbocycles. The highest BCUT2D eigenvalue weighted by Crippen LogP contribution is 2.61. The molecular weight excluding hydrogens is 688 g/mol. The van der Waals surface area contributed by atoms with E-state index in [1.807, 2.05) is 50.5 Å². The maximum Gasteiger partial charge on any atom is 0.329 e. The number of carbonyl (C=O) groups is 3. The van der Waals surface area contributed by atoms with Crippen molar-refractivity contribution in [3.8, 4) is 16.9 Å². The number of nitrogens with zero attached hydrogens (tertiary/aromatic N) is 2. The molecule has 0 aromatic heterocycles. The second-order valence-corrected chi connectivity index (χ2v) is 17.1. The van der Waals surface area contributed by atoms with Crippen molar-refractivity contribution in [2.45, 2.75) is 97.7 Å². The van der Waals surface area contributed by atoms with E-state index in [9.17, 15) is 24.6 Å². The number of carboxylic acids is 1. The van der Waals surface area contributed by atoms with Gasteiger partial charge in [-0.15, -0.1) is 0 Å². The zero-order valence-electron chi connectivity index (χ0n) is 33.5. The van der Waals surface area contributed by atoms with E-state index in [0.29, 0.717) is 35.0 Å². The van der Waals surface area contributed by atoms with Crippen molar-refractivity contribution in [3.05, 3.63) is 53.6 Å². The number of hydroxylamine groups is 2. The normalized spacial score (nSPS) is 27.3. The molecular formula is C42H62N4O8. The third-order valence-electron chi connectivity index (χ3n) is 12.1. The van der Waals surface area contributed by atoms with Crippen molar-refractivity contribution in [1.29, 1.82) is 0 Å². The molecule has 54 heavy (non-hydrogen) atoms. The Morgan fingerprint density at radius 2 is 1.81 bits per heavy atom. The van der Waals surface area contributed by atoms with Crippen molar-refractivity contribution in [2.75, 3.05) is 41.0 Å². The van der Waals surface area contributed by atoms with E-state index in [2.05, 4.69) is 50.2 Å². The van der Waals surface area contributed by atoms with E-state index in [-0.39, 0.29) is 42.5 Å². The Bertz CT molecular complexity index is 1620. The fourth-order valence-corrected chi connectivity index (χ4v) is 9.36. The van der Waals surface area contributed by atoms with Gasteiger partial charge in [-0.25, -0.2) is 4.79 Å². The SMILES string of the molecule is COc1c(CN2O[C@@H](COCC(=O)O)[C@H]([C@H](C)O)[C@H]2C(=O)N[C@H]2C[C@H]3C[C@H]([C@@H]2C)C3(C)C)cccc1-c1cccc(C(=O)N[C@H](CC(C)C)CN(C)C)c1. The summed E-state index contributed by atoms with van der Waals surface area (Å²) < 4.78 is 11.5. The number of methoxy groups -OCH3 is 1. The molecule has 0 unspecified atom stereocenters. The molecule has 0 radical (unpaired) electrons. The molecule has 1 saturated heterocycles. The van der Waals surface area contributed by atoms with Gasteiger partial charge in [0.1, 0.15) is 24.5 Å². The lowest BCUT2D eigenvalue weighted by molar-refractivity contribution is -0.187. The second-order valence-electron chi connectivity index (χ2n) is 17.1. The molecule has 1 aliphatic heterocycles. The molecule has 4 aliphatic rings. The second kappa shape index (κ2) is 17.5. The zero-order chi connectivity index (χ0) is 39.5. The molecule has 6 rings (SSSR count). The molecule has 4 N–H and O–H groups in total. The number of aliphatic hydroxyl groups excluding tert-OH is 1. The summed E-state index contributed by atoms with van der Waals surface area (Å²) in [6.07, 6.45) is 1.21. The van der Waals surface area contributed by atoms with Crippen molar-refractivity contribution in [2.24, 2.45) is 35.0 Å². The van der Waals surface area contributed by atoms with Crippen LogP contribution in [0.15, 0.2) is 42.5 Å². The summed E-state index contributed by atoms with van der Waals surface area (Å²) in [6.45, 7) is 13.0. The number of benzene rings is 2. The predicted octanol–water partition coefficient (Wildman–Crippen LogP) is 4.84. The van der Waals surface area contributed by atoms with Crippen LogP contribution in [-0.4, -0.2) is 109 Å². The van der Waals surface area contributed by atoms with Crippen molar-refractivity contribution in [3.63, 3.8) is 0 Å². The summed E-state index contributed by atoms with van der Waals surface area (Å²) >= 11 is 0. The molecule has 2 amide bonds. The number of aliphatic hydroxyl groups is 1. The molecule has 298 valence electrons. The zero-order valence-corrected chi connectivity index (χ0v) is 33.5. The Morgan fingerprint density at radius 3 is 2.43 bits per heavy atom. The molecule has 4 fully saturated rings. The number of carboxylic acid groups (broad SMARTS) is 1. The van der Waals surface area contributed by atoms with Gasteiger partial charge in [0.2, 0.25) is 5.91 Å². The summed E-state index contributed by atoms with van der Waals surface area (Å²) in [4.78, 5) is 47.6. The highest BCUT2D eigenvalue weighted by Gasteiger charge is 2.57. The monoisotopic (exact) mass is 750 g/mol. The lowest BCUT2D eigenvalue weighted by Crippen LogP contribution is -2.62. The van der Waals surface area contributed by atoms with E-state index in [1.165, 1.54) is 6.42 Å². The molecule has 1 heterocycles. The Kier molecular flexibility index (Phi) is 13.5. The fourth-order valence-electron chi connectivity index (χ4n) is 9.36. The van der Waals surface area contributed by atoms with Crippen molar-refractivity contribution < 1.29 is 38.9 Å². The van der Waals surface area contributed by atoms with Gasteiger partial charge < -0.3 is 35.2 Å². The van der Waals surface area contributed by atoms with Crippen LogP contribution >= 0.6 is 0 Å². The van der Waals surface area contributed by atoms with Gasteiger partial charge >= 0.3 is 5.97 Å². The van der Waals surface area contributed by atoms with Crippen LogP contribution < -0.4 is 15.4 Å². The van der Waals surface area contributed by atoms with Crippen LogP contribution in [0.1, 0.15) is 76.7 Å². The highest BCUT2D eigenvalue weighted by atomic mass is 16.7. The number of fused-ring (bicyclic) bond motifs is 2. The lowest BCUT2D eigenvalue weighted by Gasteiger charge is -2.62. The number of ether oxygens (including phenoxy) is 2. The van der Waals surface area contributed by atoms with Crippen LogP contribution in [0.3, 0.4) is 0 Å². The van der Waals surface area contributed by atoms with E-state index >= 15 is 0 Å². The predicted molar refractivity (Wildman–Crippen MR) is 207 cm³/mol. The highest BCUT2D eigenvalue weighted by molar-refractivity contribution is 5.96. The topological polar surface area (TPSA) is 150 Å². The quantitative estimate of drug-likeness (QED) is 0.177. The molecule has 9 atom stereocenters. The van der Waals surface area contributed by atoms with Gasteiger partial charge in [-0.3, -0.25) is 14.4 Å². The molecule has 2 aromatic rings. The molecule has 12 nitrogen and oxygen atoms in total. The van der Waals surface area contributed by atoms with E-state index in [0.717, 1.165) is 36.1 Å². The summed E-state index contributed by atoms with van der Waals surface area (Å²) in [5.41, 5.74) is 3.08. The standard InChI is InChI=1S/C42H62N4O8/c1-24(2)16-31(21-45(7)8)43-40(50)28-13-10-12-27(17-28)32-15-11-14-29(39(32)52-9)20-46-38(37(26(4)47)35(54-46)22-53-23-36(48)49)41(51)44-34-19-30-18-33(25(34)3)42(30,5)6/h10-15,17,24-26,30-31,33-35,37-38,47H,16,18-23H2,1-9H3,(H,43,50)(H,44,51)(H,48,49)/t25-,26-,30+,31+,33+,34-,35-,37-,38-/m0/s1. The van der Waals surface area contributed by atoms with Crippen LogP contribution in [0.2, 0.25) is 0 Å². The molecule has 3 saturated carbocycles. The Hall–Kier alpha value is -3.55. The molecule has 12 heteroatoms. The fraction of sp³-hybridized carbons (Fsp3) is 0.643. The average molecular weight is 751 g/mol. The Morgan fingerprint density at radius 1 is 1.09 bits per heavy atom. The average Bonchev–Trinajstić information content (AvgIpc) is 3.46. The van der Waals surface area contributed by atoms with Gasteiger partial charge in [0.15, 0.2) is 0 Å². The number of hydrogen-bond donors (Lipinski definition) is 4. The Balaban J connectivity index is 1.41. The number of amides is 2. The van der Waals surface area contributed by atoms with Gasteiger partial charge in [-0.2, -0.15) is 5.06 Å². The van der Waals surface area contributed by atoms with Gasteiger partial charge in [0, 0.05) is 41.2 Å². The van der Waals surface area contributed by atoms with Crippen molar-refractivity contribution >= 4 is 17.8 Å². The largest absolute Gasteiger partial charge is 0.496 e. The van der Waals surface area contributed by atoms with Crippen LogP contribution in [0.25, 0.3) is 11.1 Å². The molecule has 0 spiro atoms. The van der Waals surface area contributed by atoms with E-state index < -0.39 is 36.7 Å². The van der Waals surface area contributed by atoms with Gasteiger partial charge in [-0.1, -0.05) is 65.0 Å². The van der Waals surface area contributed by atoms with Crippen LogP contribution in [0, 0.1) is 35.0 Å². The van der Waals surface area contributed by atoms with Gasteiger partial charge in [0.25, 0.3) is 5.91 Å². The minimum atomic E-state index is -1.12. The molecule has 2 aromatic carbocycles. The summed E-state index contributed by atoms with van der Waals surface area (Å²) in [5.74, 6) is 0.157. The number of nitrogens with one attached hydrogen (secondary N) is 2. The first-order valence-electron chi connectivity index (χ1n) is 19.4. The van der Waals surface area contributed by atoms with E-state index in [1.54, 1.807) is 25.2 Å². The van der Waals surface area contributed by atoms with Crippen LogP contribution in [-0.2, 0) is 25.7 Å². The Labute approximate surface area is 320 Å². The minimum Gasteiger partial charge on any atom is -0.496 e. The smallest absolute Gasteiger partial charge is 0.329 e. The first kappa shape index (κ1) is 41.6. The van der Waals surface area contributed by atoms with Crippen LogP contribution in [0.5, 0.6) is 5.75 Å². The lowest BCUT2D eigenvalue weighted by atomic mass is 9.45. The molecule has 2 bridgehead atoms. The summed E-state index contributed by atoms with van der Waals surface area (Å²) in [6, 6.07) is 12.3. The third kappa shape index (κ3) is 9.27. The maximum absolute atomic E-state index is 14.4. The maximum atomic E-state index is 14.4. The first-order chi connectivity index (χ1) is 25.5. The van der Waals surface area contributed by atoms with Gasteiger partial charge in [0.05, 0.1) is 26.4 Å². The number of para-hydroxylation sites is 1. The number of aliphatic carboxylic acids is 1. The number of hydrogen-bond acceptors (Lipinski definition) is 9. The minimum absolute atomic E-state index is 0.000964. The first-order valence-corrected chi connectivity index (χ1v) is 19.4. The number of rotatable bonds is 17. The number of carbonyl (C=O) groups excluding carboxylic acids is 2. The summed E-state index contributed by atoms with van der Waals surface area (Å²) in [5, 5.41) is 28.5. The van der Waals surface area contributed by atoms with Crippen molar-refractivity contribution in [1.82, 2.24) is 20.6 Å². The summed E-state index contributed by atoms with van der Waals surface area (Å²) in [7, 11) is 5.59. The van der Waals surface area contributed by atoms with Crippen LogP contribution in [0.4, 0.5) is 0 Å². The van der Waals surface area contributed by atoms with E-state index in [4.69, 9.17) is 14.3 Å². The number of likely N-dealkylation sites (N-methyl/N-ethyl adjacent to an activating group) is 1. The third-order valence-corrected chi connectivity index (χ3v) is 12.1. The van der Waals surface area contributed by atoms with Gasteiger partial charge in [-0.05, 0) is 87.1 Å².